The first-order valence-electron chi connectivity index (χ1n) is 7.13. The molecule has 0 bridgehead atoms. The number of rotatable bonds is 3. The van der Waals surface area contributed by atoms with Gasteiger partial charge in [0, 0.05) is 11.6 Å². The van der Waals surface area contributed by atoms with E-state index >= 15 is 0 Å². The highest BCUT2D eigenvalue weighted by molar-refractivity contribution is 7.90. The average Bonchev–Trinajstić information content (AvgIpc) is 2.91. The van der Waals surface area contributed by atoms with Crippen LogP contribution in [-0.2, 0) is 10.0 Å². The maximum atomic E-state index is 12.7. The van der Waals surface area contributed by atoms with Crippen LogP contribution in [0.5, 0.6) is 0 Å². The predicted molar refractivity (Wildman–Crippen MR) is 90.6 cm³/mol. The second-order valence-electron chi connectivity index (χ2n) is 5.48. The van der Waals surface area contributed by atoms with Crippen molar-refractivity contribution < 1.29 is 8.42 Å². The van der Waals surface area contributed by atoms with Gasteiger partial charge in [-0.2, -0.15) is 13.5 Å². The van der Waals surface area contributed by atoms with E-state index in [2.05, 4.69) is 5.10 Å². The van der Waals surface area contributed by atoms with Gasteiger partial charge in [0.2, 0.25) is 0 Å². The molecule has 0 fully saturated rings. The molecule has 2 N–H and O–H groups in total. The van der Waals surface area contributed by atoms with Gasteiger partial charge in [-0.3, -0.25) is 0 Å². The molecule has 0 spiro atoms. The Hall–Kier alpha value is -2.60. The fourth-order valence-corrected chi connectivity index (χ4v) is 3.45. The van der Waals surface area contributed by atoms with E-state index < -0.39 is 10.0 Å². The molecule has 6 heteroatoms. The van der Waals surface area contributed by atoms with Gasteiger partial charge in [-0.1, -0.05) is 47.5 Å². The van der Waals surface area contributed by atoms with Gasteiger partial charge in [-0.05, 0) is 26.0 Å². The number of hydrogen-bond acceptors (Lipinski definition) is 4. The van der Waals surface area contributed by atoms with E-state index in [0.29, 0.717) is 5.69 Å². The molecule has 0 amide bonds. The lowest BCUT2D eigenvalue weighted by Gasteiger charge is -2.06. The maximum absolute atomic E-state index is 12.7. The van der Waals surface area contributed by atoms with Crippen molar-refractivity contribution in [2.75, 3.05) is 5.73 Å². The molecule has 1 heterocycles. The standard InChI is InChI=1S/C17H17N3O2S/c1-12-3-7-14(8-4-12)16-11-17(18)20(19-16)23(21,22)15-9-5-13(2)6-10-15/h3-11H,18H2,1-2H3. The smallest absolute Gasteiger partial charge is 0.284 e. The lowest BCUT2D eigenvalue weighted by Crippen LogP contribution is -2.16. The van der Waals surface area contributed by atoms with Crippen LogP contribution in [0, 0.1) is 13.8 Å². The summed E-state index contributed by atoms with van der Waals surface area (Å²) >= 11 is 0. The van der Waals surface area contributed by atoms with Crippen molar-refractivity contribution in [3.05, 3.63) is 65.7 Å². The second-order valence-corrected chi connectivity index (χ2v) is 7.25. The second kappa shape index (κ2) is 5.55. The average molecular weight is 327 g/mol. The Morgan fingerprint density at radius 3 is 2.00 bits per heavy atom. The van der Waals surface area contributed by atoms with Gasteiger partial charge >= 0.3 is 0 Å². The van der Waals surface area contributed by atoms with E-state index in [9.17, 15) is 8.42 Å². The zero-order valence-electron chi connectivity index (χ0n) is 12.9. The summed E-state index contributed by atoms with van der Waals surface area (Å²) in [7, 11) is -3.80. The van der Waals surface area contributed by atoms with Crippen LogP contribution in [0.25, 0.3) is 11.3 Å². The monoisotopic (exact) mass is 327 g/mol. The Morgan fingerprint density at radius 2 is 1.43 bits per heavy atom. The molecule has 2 aromatic carbocycles. The van der Waals surface area contributed by atoms with Crippen LogP contribution >= 0.6 is 0 Å². The molecule has 5 nitrogen and oxygen atoms in total. The van der Waals surface area contributed by atoms with Crippen LogP contribution in [0.1, 0.15) is 11.1 Å². The molecule has 0 aliphatic carbocycles. The Balaban J connectivity index is 2.07. The summed E-state index contributed by atoms with van der Waals surface area (Å²) in [6, 6.07) is 15.8. The van der Waals surface area contributed by atoms with Gasteiger partial charge in [-0.25, -0.2) is 0 Å². The summed E-state index contributed by atoms with van der Waals surface area (Å²) in [5, 5.41) is 4.18. The minimum atomic E-state index is -3.80. The molecule has 0 atom stereocenters. The number of aromatic nitrogens is 2. The molecule has 0 radical (unpaired) electrons. The van der Waals surface area contributed by atoms with E-state index in [4.69, 9.17) is 5.73 Å². The molecule has 0 aliphatic heterocycles. The minimum absolute atomic E-state index is 0.0844. The summed E-state index contributed by atoms with van der Waals surface area (Å²) in [5.41, 5.74) is 9.33. The first-order chi connectivity index (χ1) is 10.9. The van der Waals surface area contributed by atoms with Gasteiger partial charge in [-0.15, -0.1) is 4.09 Å². The van der Waals surface area contributed by atoms with Crippen molar-refractivity contribution in [1.29, 1.82) is 0 Å². The van der Waals surface area contributed by atoms with Crippen molar-refractivity contribution in [2.45, 2.75) is 18.7 Å². The topological polar surface area (TPSA) is 78.0 Å². The number of benzene rings is 2. The van der Waals surface area contributed by atoms with Crippen molar-refractivity contribution in [3.63, 3.8) is 0 Å². The van der Waals surface area contributed by atoms with Crippen molar-refractivity contribution in [3.8, 4) is 11.3 Å². The van der Waals surface area contributed by atoms with Gasteiger partial charge < -0.3 is 5.73 Å². The maximum Gasteiger partial charge on any atom is 0.284 e. The Labute approximate surface area is 135 Å². The van der Waals surface area contributed by atoms with Crippen molar-refractivity contribution in [2.24, 2.45) is 0 Å². The summed E-state index contributed by atoms with van der Waals surface area (Å²) in [5.74, 6) is 0.0844. The number of nitrogens with two attached hydrogens (primary N) is 1. The zero-order chi connectivity index (χ0) is 16.6. The molecule has 3 aromatic rings. The highest BCUT2D eigenvalue weighted by Gasteiger charge is 2.21. The fraction of sp³-hybridized carbons (Fsp3) is 0.118. The SMILES string of the molecule is Cc1ccc(-c2cc(N)n(S(=O)(=O)c3ccc(C)cc3)n2)cc1. The highest BCUT2D eigenvalue weighted by atomic mass is 32.2. The molecular formula is C17H17N3O2S. The Kier molecular flexibility index (Phi) is 3.69. The normalized spacial score (nSPS) is 11.6. The van der Waals surface area contributed by atoms with E-state index in [1.54, 1.807) is 30.3 Å². The van der Waals surface area contributed by atoms with Crippen LogP contribution in [0.4, 0.5) is 5.82 Å². The molecule has 1 aromatic heterocycles. The molecule has 0 unspecified atom stereocenters. The Morgan fingerprint density at radius 1 is 0.913 bits per heavy atom. The van der Waals surface area contributed by atoms with Crippen LogP contribution in [0.3, 0.4) is 0 Å². The van der Waals surface area contributed by atoms with Crippen LogP contribution in [0.15, 0.2) is 59.5 Å². The van der Waals surface area contributed by atoms with Crippen molar-refractivity contribution in [1.82, 2.24) is 9.19 Å². The van der Waals surface area contributed by atoms with Crippen LogP contribution in [-0.4, -0.2) is 17.6 Å². The van der Waals surface area contributed by atoms with Crippen LogP contribution in [0.2, 0.25) is 0 Å². The van der Waals surface area contributed by atoms with Crippen molar-refractivity contribution >= 4 is 15.8 Å². The Bertz CT molecular complexity index is 941. The predicted octanol–water partition coefficient (Wildman–Crippen LogP) is 2.99. The van der Waals surface area contributed by atoms with E-state index in [-0.39, 0.29) is 10.7 Å². The van der Waals surface area contributed by atoms with E-state index in [1.165, 1.54) is 0 Å². The number of aryl methyl sites for hydroxylation is 2. The first-order valence-corrected chi connectivity index (χ1v) is 8.57. The number of nitrogens with zero attached hydrogens (tertiary/aromatic N) is 2. The van der Waals surface area contributed by atoms with Crippen LogP contribution < -0.4 is 5.73 Å². The van der Waals surface area contributed by atoms with E-state index in [1.807, 2.05) is 38.1 Å². The third-order valence-electron chi connectivity index (χ3n) is 3.60. The largest absolute Gasteiger partial charge is 0.383 e. The van der Waals surface area contributed by atoms with Gasteiger partial charge in [0.15, 0.2) is 0 Å². The molecule has 3 rings (SSSR count). The molecule has 0 aliphatic rings. The van der Waals surface area contributed by atoms with Gasteiger partial charge in [0.25, 0.3) is 10.0 Å². The zero-order valence-corrected chi connectivity index (χ0v) is 13.7. The fourth-order valence-electron chi connectivity index (χ4n) is 2.25. The summed E-state index contributed by atoms with van der Waals surface area (Å²) in [6.07, 6.45) is 0. The summed E-state index contributed by atoms with van der Waals surface area (Å²) in [4.78, 5) is 0.161. The quantitative estimate of drug-likeness (QED) is 0.802. The molecule has 0 saturated carbocycles. The van der Waals surface area contributed by atoms with Gasteiger partial charge in [0.05, 0.1) is 10.6 Å². The summed E-state index contributed by atoms with van der Waals surface area (Å²) < 4.78 is 26.3. The first kappa shape index (κ1) is 15.3. The number of nitrogen functional groups attached to an aromatic ring is 1. The molecule has 118 valence electrons. The highest BCUT2D eigenvalue weighted by Crippen LogP contribution is 2.24. The molecule has 23 heavy (non-hydrogen) atoms. The minimum Gasteiger partial charge on any atom is -0.383 e. The molecular weight excluding hydrogens is 310 g/mol. The van der Waals surface area contributed by atoms with E-state index in [0.717, 1.165) is 20.8 Å². The number of hydrogen-bond donors (Lipinski definition) is 1. The molecule has 0 saturated heterocycles. The van der Waals surface area contributed by atoms with Gasteiger partial charge in [0.1, 0.15) is 5.82 Å². The third kappa shape index (κ3) is 2.85. The lowest BCUT2D eigenvalue weighted by molar-refractivity contribution is 0.581. The summed E-state index contributed by atoms with van der Waals surface area (Å²) in [6.45, 7) is 3.88. The number of anilines is 1. The third-order valence-corrected chi connectivity index (χ3v) is 5.21. The lowest BCUT2D eigenvalue weighted by atomic mass is 10.1.